The number of hydrogen-bond acceptors (Lipinski definition) is 9. The Morgan fingerprint density at radius 2 is 0.893 bits per heavy atom. The van der Waals surface area contributed by atoms with Crippen molar-refractivity contribution in [1.29, 1.82) is 0 Å². The number of unbranched alkanes of at least 4 members (excludes halogenated alkanes) is 27. The van der Waals surface area contributed by atoms with Crippen molar-refractivity contribution >= 4 is 25.7 Å². The standard InChI is InChI=1S/C44H84NO10P/c1-3-5-7-9-11-13-15-17-19-20-21-22-24-25-27-29-31-33-35-42(46)52-37-40(38-53-56(50,51)54-39-41(45)44(48)49)55-43(47)36-34-32-30-28-26-23-18-16-14-12-10-8-6-4-2/h16,18,40-41H,3-15,17,19-39,45H2,1-2H3,(H,48,49)(H,50,51)/b18-16-/t40-,41+/m1/s1. The van der Waals surface area contributed by atoms with Gasteiger partial charge in [0.1, 0.15) is 12.6 Å². The van der Waals surface area contributed by atoms with Gasteiger partial charge in [-0.15, -0.1) is 0 Å². The van der Waals surface area contributed by atoms with Crippen LogP contribution in [0.3, 0.4) is 0 Å². The first kappa shape index (κ1) is 54.2. The third-order valence-electron chi connectivity index (χ3n) is 10.0. The molecule has 0 aliphatic carbocycles. The van der Waals surface area contributed by atoms with Crippen molar-refractivity contribution in [3.05, 3.63) is 12.2 Å². The Bertz CT molecular complexity index is 1010. The van der Waals surface area contributed by atoms with Gasteiger partial charge in [0.05, 0.1) is 13.2 Å². The first-order valence-corrected chi connectivity index (χ1v) is 24.2. The third-order valence-corrected chi connectivity index (χ3v) is 11.0. The number of allylic oxidation sites excluding steroid dienone is 2. The largest absolute Gasteiger partial charge is 0.480 e. The summed E-state index contributed by atoms with van der Waals surface area (Å²) in [5.74, 6) is -2.37. The van der Waals surface area contributed by atoms with E-state index in [4.69, 9.17) is 24.8 Å². The van der Waals surface area contributed by atoms with E-state index in [1.165, 1.54) is 122 Å². The highest BCUT2D eigenvalue weighted by Crippen LogP contribution is 2.43. The second-order valence-corrected chi connectivity index (χ2v) is 17.0. The van der Waals surface area contributed by atoms with Gasteiger partial charge >= 0.3 is 25.7 Å². The fourth-order valence-electron chi connectivity index (χ4n) is 6.41. The minimum Gasteiger partial charge on any atom is -0.480 e. The van der Waals surface area contributed by atoms with Crippen LogP contribution in [0.1, 0.15) is 219 Å². The third kappa shape index (κ3) is 39.1. The Balaban J connectivity index is 4.29. The fraction of sp³-hybridized carbons (Fsp3) is 0.886. The molecular weight excluding hydrogens is 733 g/mol. The Kier molecular flexibility index (Phi) is 38.7. The lowest BCUT2D eigenvalue weighted by Crippen LogP contribution is -2.34. The molecule has 11 nitrogen and oxygen atoms in total. The lowest BCUT2D eigenvalue weighted by molar-refractivity contribution is -0.161. The molecule has 12 heteroatoms. The molecule has 1 unspecified atom stereocenters. The Morgan fingerprint density at radius 1 is 0.536 bits per heavy atom. The van der Waals surface area contributed by atoms with Gasteiger partial charge in [0, 0.05) is 12.8 Å². The van der Waals surface area contributed by atoms with Gasteiger partial charge in [0.2, 0.25) is 0 Å². The quantitative estimate of drug-likeness (QED) is 0.0231. The summed E-state index contributed by atoms with van der Waals surface area (Å²) in [6.07, 6.45) is 39.9. The molecule has 0 radical (unpaired) electrons. The normalized spacial score (nSPS) is 13.8. The fourth-order valence-corrected chi connectivity index (χ4v) is 7.19. The maximum absolute atomic E-state index is 12.6. The summed E-state index contributed by atoms with van der Waals surface area (Å²) in [6.45, 7) is 2.81. The smallest absolute Gasteiger partial charge is 0.472 e. The number of esters is 2. The topological polar surface area (TPSA) is 172 Å². The molecule has 0 fully saturated rings. The Hall–Kier alpha value is -1.78. The van der Waals surface area contributed by atoms with Crippen LogP contribution in [-0.2, 0) is 37.5 Å². The molecule has 0 bridgehead atoms. The van der Waals surface area contributed by atoms with Crippen molar-refractivity contribution in [2.75, 3.05) is 19.8 Å². The van der Waals surface area contributed by atoms with E-state index >= 15 is 0 Å². The molecule has 0 amide bonds. The van der Waals surface area contributed by atoms with Crippen molar-refractivity contribution in [3.8, 4) is 0 Å². The van der Waals surface area contributed by atoms with Gasteiger partial charge < -0.3 is 25.2 Å². The molecule has 0 aliphatic rings. The summed E-state index contributed by atoms with van der Waals surface area (Å²) < 4.78 is 32.7. The zero-order valence-corrected chi connectivity index (χ0v) is 36.6. The number of hydrogen-bond donors (Lipinski definition) is 3. The number of nitrogens with two attached hydrogens (primary N) is 1. The van der Waals surface area contributed by atoms with Crippen molar-refractivity contribution in [3.63, 3.8) is 0 Å². The number of phosphoric acid groups is 1. The minimum atomic E-state index is -4.71. The molecule has 4 N–H and O–H groups in total. The summed E-state index contributed by atoms with van der Waals surface area (Å²) in [6, 6.07) is -1.52. The lowest BCUT2D eigenvalue weighted by Gasteiger charge is -2.20. The van der Waals surface area contributed by atoms with Gasteiger partial charge in [-0.25, -0.2) is 4.57 Å². The van der Waals surface area contributed by atoms with Gasteiger partial charge in [-0.2, -0.15) is 0 Å². The number of rotatable bonds is 43. The van der Waals surface area contributed by atoms with Crippen LogP contribution in [-0.4, -0.2) is 59.9 Å². The van der Waals surface area contributed by atoms with Crippen LogP contribution in [0.15, 0.2) is 12.2 Å². The molecule has 330 valence electrons. The number of carbonyl (C=O) groups is 3. The summed E-state index contributed by atoms with van der Waals surface area (Å²) >= 11 is 0. The number of carboxylic acid groups (broad SMARTS) is 1. The molecule has 0 saturated carbocycles. The average molecular weight is 818 g/mol. The highest BCUT2D eigenvalue weighted by Gasteiger charge is 2.28. The first-order valence-electron chi connectivity index (χ1n) is 22.7. The second-order valence-electron chi connectivity index (χ2n) is 15.5. The zero-order valence-electron chi connectivity index (χ0n) is 35.7. The molecule has 0 aromatic rings. The molecule has 0 aromatic carbocycles. The second kappa shape index (κ2) is 40.0. The van der Waals surface area contributed by atoms with Crippen LogP contribution in [0.4, 0.5) is 0 Å². The van der Waals surface area contributed by atoms with E-state index in [2.05, 4.69) is 30.5 Å². The molecule has 56 heavy (non-hydrogen) atoms. The maximum Gasteiger partial charge on any atom is 0.472 e. The Labute approximate surface area is 341 Å². The van der Waals surface area contributed by atoms with Crippen molar-refractivity contribution < 1.29 is 47.5 Å². The Morgan fingerprint density at radius 3 is 1.30 bits per heavy atom. The number of carboxylic acids is 1. The van der Waals surface area contributed by atoms with E-state index in [-0.39, 0.29) is 19.4 Å². The highest BCUT2D eigenvalue weighted by atomic mass is 31.2. The van der Waals surface area contributed by atoms with Gasteiger partial charge in [0.25, 0.3) is 0 Å². The van der Waals surface area contributed by atoms with E-state index < -0.39 is 51.1 Å². The highest BCUT2D eigenvalue weighted by molar-refractivity contribution is 7.47. The molecule has 0 heterocycles. The first-order chi connectivity index (χ1) is 27.1. The van der Waals surface area contributed by atoms with Crippen LogP contribution in [0, 0.1) is 0 Å². The van der Waals surface area contributed by atoms with E-state index in [0.29, 0.717) is 12.8 Å². The van der Waals surface area contributed by atoms with Crippen LogP contribution in [0.2, 0.25) is 0 Å². The molecule has 0 spiro atoms. The van der Waals surface area contributed by atoms with Crippen molar-refractivity contribution in [2.24, 2.45) is 5.73 Å². The molecule has 0 rings (SSSR count). The van der Waals surface area contributed by atoms with Gasteiger partial charge in [-0.1, -0.05) is 180 Å². The summed E-state index contributed by atoms with van der Waals surface area (Å²) in [5.41, 5.74) is 5.33. The monoisotopic (exact) mass is 818 g/mol. The lowest BCUT2D eigenvalue weighted by atomic mass is 10.0. The van der Waals surface area contributed by atoms with E-state index in [9.17, 15) is 23.8 Å². The average Bonchev–Trinajstić information content (AvgIpc) is 3.17. The molecule has 0 saturated heterocycles. The van der Waals surface area contributed by atoms with Gasteiger partial charge in [0.15, 0.2) is 6.10 Å². The number of phosphoric ester groups is 1. The van der Waals surface area contributed by atoms with Crippen molar-refractivity contribution in [2.45, 2.75) is 231 Å². The van der Waals surface area contributed by atoms with Crippen LogP contribution in [0.5, 0.6) is 0 Å². The summed E-state index contributed by atoms with van der Waals surface area (Å²) in [7, 11) is -4.71. The van der Waals surface area contributed by atoms with E-state index in [1.54, 1.807) is 0 Å². The predicted molar refractivity (Wildman–Crippen MR) is 226 cm³/mol. The van der Waals surface area contributed by atoms with Crippen LogP contribution in [0.25, 0.3) is 0 Å². The molecule has 3 atom stereocenters. The number of ether oxygens (including phenoxy) is 2. The number of aliphatic carboxylic acids is 1. The molecular formula is C44H84NO10P. The minimum absolute atomic E-state index is 0.155. The molecule has 0 aromatic heterocycles. The summed E-state index contributed by atoms with van der Waals surface area (Å²) in [4.78, 5) is 46.0. The van der Waals surface area contributed by atoms with Crippen molar-refractivity contribution in [1.82, 2.24) is 0 Å². The SMILES string of the molecule is CCCCCCC/C=C\CCCCCCCC(=O)O[C@H](COC(=O)CCCCCCCCCCCCCCCCCCCC)COP(=O)(O)OC[C@H](N)C(=O)O. The van der Waals surface area contributed by atoms with Crippen LogP contribution < -0.4 is 5.73 Å². The molecule has 0 aliphatic heterocycles. The van der Waals surface area contributed by atoms with Gasteiger partial charge in [-0.05, 0) is 38.5 Å². The predicted octanol–water partition coefficient (Wildman–Crippen LogP) is 12.1. The van der Waals surface area contributed by atoms with E-state index in [1.807, 2.05) is 0 Å². The zero-order chi connectivity index (χ0) is 41.4. The van der Waals surface area contributed by atoms with Gasteiger partial charge in [-0.3, -0.25) is 23.4 Å². The number of carbonyl (C=O) groups excluding carboxylic acids is 2. The van der Waals surface area contributed by atoms with Crippen LogP contribution >= 0.6 is 7.82 Å². The summed E-state index contributed by atoms with van der Waals surface area (Å²) in [5, 5.41) is 8.89. The van der Waals surface area contributed by atoms with E-state index in [0.717, 1.165) is 57.8 Å². The maximum atomic E-state index is 12.6.